The first-order valence-corrected chi connectivity index (χ1v) is 6.30. The molecule has 0 aromatic carbocycles. The third kappa shape index (κ3) is 2.50. The van der Waals surface area contributed by atoms with Crippen molar-refractivity contribution in [2.45, 2.75) is 59.9 Å². The van der Waals surface area contributed by atoms with E-state index < -0.39 is 0 Å². The lowest BCUT2D eigenvalue weighted by atomic mass is 9.88. The molecule has 1 N–H and O–H groups in total. The van der Waals surface area contributed by atoms with Gasteiger partial charge in [0.2, 0.25) is 0 Å². The predicted molar refractivity (Wildman–Crippen MR) is 63.4 cm³/mol. The summed E-state index contributed by atoms with van der Waals surface area (Å²) in [5.41, 5.74) is 0.607. The van der Waals surface area contributed by atoms with Crippen LogP contribution in [-0.4, -0.2) is 12.6 Å². The van der Waals surface area contributed by atoms with Crippen LogP contribution >= 0.6 is 0 Å². The minimum atomic E-state index is 0.607. The topological polar surface area (TPSA) is 12.0 Å². The van der Waals surface area contributed by atoms with Gasteiger partial charge in [0.05, 0.1) is 0 Å². The van der Waals surface area contributed by atoms with Crippen molar-refractivity contribution < 1.29 is 0 Å². The van der Waals surface area contributed by atoms with Crippen molar-refractivity contribution in [3.05, 3.63) is 0 Å². The van der Waals surface area contributed by atoms with Crippen molar-refractivity contribution >= 4 is 0 Å². The lowest BCUT2D eigenvalue weighted by Crippen LogP contribution is -2.38. The molecule has 1 aliphatic rings. The molecule has 1 heteroatoms. The van der Waals surface area contributed by atoms with E-state index in [-0.39, 0.29) is 0 Å². The molecule has 0 aliphatic heterocycles. The molecular formula is C13H27N. The van der Waals surface area contributed by atoms with Gasteiger partial charge in [0, 0.05) is 6.04 Å². The molecule has 1 fully saturated rings. The van der Waals surface area contributed by atoms with Gasteiger partial charge in [-0.3, -0.25) is 0 Å². The van der Waals surface area contributed by atoms with E-state index >= 15 is 0 Å². The summed E-state index contributed by atoms with van der Waals surface area (Å²) in [6, 6.07) is 0.769. The molecule has 0 radical (unpaired) electrons. The fourth-order valence-electron chi connectivity index (χ4n) is 2.79. The maximum Gasteiger partial charge on any atom is 0.0129 e. The van der Waals surface area contributed by atoms with Gasteiger partial charge < -0.3 is 5.32 Å². The number of hydrogen-bond acceptors (Lipinski definition) is 1. The summed E-state index contributed by atoms with van der Waals surface area (Å²) in [7, 11) is 0. The molecule has 14 heavy (non-hydrogen) atoms. The van der Waals surface area contributed by atoms with E-state index in [1.54, 1.807) is 0 Å². The SMILES string of the molecule is CCNC(C(CC)CC)C1CC1(C)C. The van der Waals surface area contributed by atoms with E-state index in [1.807, 2.05) is 0 Å². The molecule has 0 saturated heterocycles. The van der Waals surface area contributed by atoms with Crippen molar-refractivity contribution in [3.8, 4) is 0 Å². The zero-order chi connectivity index (χ0) is 10.8. The molecule has 0 heterocycles. The Kier molecular flexibility index (Phi) is 4.00. The van der Waals surface area contributed by atoms with E-state index in [9.17, 15) is 0 Å². The van der Waals surface area contributed by atoms with Crippen LogP contribution in [0.4, 0.5) is 0 Å². The summed E-state index contributed by atoms with van der Waals surface area (Å²) < 4.78 is 0. The molecule has 1 nitrogen and oxygen atoms in total. The summed E-state index contributed by atoms with van der Waals surface area (Å²) in [6.07, 6.45) is 4.06. The number of hydrogen-bond donors (Lipinski definition) is 1. The van der Waals surface area contributed by atoms with Crippen molar-refractivity contribution in [3.63, 3.8) is 0 Å². The highest BCUT2D eigenvalue weighted by Crippen LogP contribution is 2.55. The van der Waals surface area contributed by atoms with Crippen molar-refractivity contribution in [1.29, 1.82) is 0 Å². The zero-order valence-corrected chi connectivity index (χ0v) is 10.6. The lowest BCUT2D eigenvalue weighted by Gasteiger charge is -2.27. The fourth-order valence-corrected chi connectivity index (χ4v) is 2.79. The average Bonchev–Trinajstić information content (AvgIpc) is 2.75. The molecule has 84 valence electrons. The van der Waals surface area contributed by atoms with Crippen LogP contribution < -0.4 is 5.32 Å². The van der Waals surface area contributed by atoms with Gasteiger partial charge in [0.25, 0.3) is 0 Å². The standard InChI is InChI=1S/C13H27N/c1-6-10(7-2)12(14-8-3)11-9-13(11,4)5/h10-12,14H,6-9H2,1-5H3. The van der Waals surface area contributed by atoms with Crippen LogP contribution in [0.1, 0.15) is 53.9 Å². The highest BCUT2D eigenvalue weighted by molar-refractivity contribution is 5.03. The third-order valence-corrected chi connectivity index (χ3v) is 4.02. The lowest BCUT2D eigenvalue weighted by molar-refractivity contribution is 0.283. The van der Waals surface area contributed by atoms with Crippen LogP contribution in [0.2, 0.25) is 0 Å². The Bertz CT molecular complexity index is 168. The molecule has 2 unspecified atom stereocenters. The first kappa shape index (κ1) is 12.0. The van der Waals surface area contributed by atoms with Gasteiger partial charge in [0.15, 0.2) is 0 Å². The average molecular weight is 197 g/mol. The second kappa shape index (κ2) is 4.65. The first-order chi connectivity index (χ1) is 6.56. The van der Waals surface area contributed by atoms with Crippen LogP contribution in [0.5, 0.6) is 0 Å². The Morgan fingerprint density at radius 2 is 1.71 bits per heavy atom. The molecule has 0 aromatic heterocycles. The molecule has 0 amide bonds. The maximum atomic E-state index is 3.70. The summed E-state index contributed by atoms with van der Waals surface area (Å²) in [6.45, 7) is 12.8. The maximum absolute atomic E-state index is 3.70. The van der Waals surface area contributed by atoms with E-state index in [2.05, 4.69) is 39.9 Å². The summed E-state index contributed by atoms with van der Waals surface area (Å²) in [5, 5.41) is 3.70. The van der Waals surface area contributed by atoms with Crippen LogP contribution in [0.15, 0.2) is 0 Å². The van der Waals surface area contributed by atoms with Crippen LogP contribution in [0.3, 0.4) is 0 Å². The first-order valence-electron chi connectivity index (χ1n) is 6.30. The predicted octanol–water partition coefficient (Wildman–Crippen LogP) is 3.45. The van der Waals surface area contributed by atoms with Crippen molar-refractivity contribution in [2.24, 2.45) is 17.3 Å². The molecule has 1 saturated carbocycles. The summed E-state index contributed by atoms with van der Waals surface area (Å²) in [4.78, 5) is 0. The second-order valence-corrected chi connectivity index (χ2v) is 5.46. The monoisotopic (exact) mass is 197 g/mol. The number of nitrogens with one attached hydrogen (secondary N) is 1. The van der Waals surface area contributed by atoms with Crippen LogP contribution in [0, 0.1) is 17.3 Å². The minimum absolute atomic E-state index is 0.607. The van der Waals surface area contributed by atoms with E-state index in [0.717, 1.165) is 24.4 Å². The minimum Gasteiger partial charge on any atom is -0.314 e. The molecule has 2 atom stereocenters. The summed E-state index contributed by atoms with van der Waals surface area (Å²) >= 11 is 0. The normalized spacial score (nSPS) is 26.6. The zero-order valence-electron chi connectivity index (χ0n) is 10.6. The smallest absolute Gasteiger partial charge is 0.0129 e. The van der Waals surface area contributed by atoms with Crippen molar-refractivity contribution in [2.75, 3.05) is 6.54 Å². The molecule has 0 spiro atoms. The quantitative estimate of drug-likeness (QED) is 0.688. The second-order valence-electron chi connectivity index (χ2n) is 5.46. The van der Waals surface area contributed by atoms with E-state index in [4.69, 9.17) is 0 Å². The molecule has 0 aromatic rings. The molecule has 0 bridgehead atoms. The highest BCUT2D eigenvalue weighted by atomic mass is 14.9. The van der Waals surface area contributed by atoms with Crippen LogP contribution in [0.25, 0.3) is 0 Å². The van der Waals surface area contributed by atoms with Gasteiger partial charge in [-0.15, -0.1) is 0 Å². The third-order valence-electron chi connectivity index (χ3n) is 4.02. The Morgan fingerprint density at radius 3 is 2.00 bits per heavy atom. The molecular weight excluding hydrogens is 170 g/mol. The number of rotatable bonds is 6. The summed E-state index contributed by atoms with van der Waals surface area (Å²) in [5.74, 6) is 1.80. The van der Waals surface area contributed by atoms with Crippen molar-refractivity contribution in [1.82, 2.24) is 5.32 Å². The van der Waals surface area contributed by atoms with E-state index in [0.29, 0.717) is 5.41 Å². The van der Waals surface area contributed by atoms with Gasteiger partial charge in [0.1, 0.15) is 0 Å². The van der Waals surface area contributed by atoms with Gasteiger partial charge in [-0.2, -0.15) is 0 Å². The Labute approximate surface area is 89.7 Å². The van der Waals surface area contributed by atoms with Gasteiger partial charge in [-0.05, 0) is 30.2 Å². The van der Waals surface area contributed by atoms with E-state index in [1.165, 1.54) is 19.3 Å². The van der Waals surface area contributed by atoms with Gasteiger partial charge >= 0.3 is 0 Å². The largest absolute Gasteiger partial charge is 0.314 e. The highest BCUT2D eigenvalue weighted by Gasteiger charge is 2.51. The molecule has 1 rings (SSSR count). The van der Waals surface area contributed by atoms with Gasteiger partial charge in [-0.1, -0.05) is 47.5 Å². The Hall–Kier alpha value is -0.0400. The molecule has 1 aliphatic carbocycles. The van der Waals surface area contributed by atoms with Crippen LogP contribution in [-0.2, 0) is 0 Å². The Morgan fingerprint density at radius 1 is 1.21 bits per heavy atom. The Balaban J connectivity index is 2.55. The van der Waals surface area contributed by atoms with Gasteiger partial charge in [-0.25, -0.2) is 0 Å². The fraction of sp³-hybridized carbons (Fsp3) is 1.00.